The van der Waals surface area contributed by atoms with Crippen LogP contribution in [0.25, 0.3) is 0 Å². The lowest BCUT2D eigenvalue weighted by Crippen LogP contribution is -2.66. The van der Waals surface area contributed by atoms with Gasteiger partial charge in [-0.3, -0.25) is 9.59 Å². The quantitative estimate of drug-likeness (QED) is 0.0842. The Morgan fingerprint density at radius 3 is 1.80 bits per heavy atom. The van der Waals surface area contributed by atoms with Crippen LogP contribution in [0.15, 0.2) is 11.6 Å². The second kappa shape index (κ2) is 22.1. The number of rotatable bonds is 13. The fourth-order valence-corrected chi connectivity index (χ4v) is 14.6. The van der Waals surface area contributed by atoms with Crippen molar-refractivity contribution in [2.75, 3.05) is 13.2 Å². The molecule has 0 aromatic rings. The summed E-state index contributed by atoms with van der Waals surface area (Å²) < 4.78 is 54.0. The van der Waals surface area contributed by atoms with Crippen molar-refractivity contribution in [1.29, 1.82) is 0 Å². The van der Waals surface area contributed by atoms with E-state index in [1.165, 1.54) is 19.4 Å². The molecule has 9 aliphatic rings. The number of hydrogen-bond acceptors (Lipinski definition) is 23. The molecule has 74 heavy (non-hydrogen) atoms. The summed E-state index contributed by atoms with van der Waals surface area (Å²) in [5.41, 5.74) is 0.433. The van der Waals surface area contributed by atoms with Gasteiger partial charge < -0.3 is 104 Å². The van der Waals surface area contributed by atoms with Gasteiger partial charge in [-0.05, 0) is 87.4 Å². The summed E-state index contributed by atoms with van der Waals surface area (Å²) in [6.07, 6.45) is -25.5. The van der Waals surface area contributed by atoms with E-state index in [4.69, 9.17) is 42.6 Å². The molecule has 0 aromatic carbocycles. The largest absolute Gasteiger partial charge is 0.394 e. The molecule has 3 saturated carbocycles. The molecule has 5 aliphatic heterocycles. The van der Waals surface area contributed by atoms with Crippen molar-refractivity contribution >= 4 is 11.6 Å². The highest BCUT2D eigenvalue weighted by atomic mass is 16.8. The first kappa shape index (κ1) is 56.9. The summed E-state index contributed by atoms with van der Waals surface area (Å²) in [6.45, 7) is 9.60. The Labute approximate surface area is 429 Å². The number of fused-ring (bicyclic) bond motifs is 5. The van der Waals surface area contributed by atoms with Crippen LogP contribution < -0.4 is 0 Å². The third kappa shape index (κ3) is 10.0. The van der Waals surface area contributed by atoms with Crippen molar-refractivity contribution in [1.82, 2.24) is 0 Å². The first-order chi connectivity index (χ1) is 34.9. The van der Waals surface area contributed by atoms with Crippen LogP contribution in [-0.2, 0) is 52.2 Å². The number of ether oxygens (including phenoxy) is 9. The molecule has 5 heterocycles. The van der Waals surface area contributed by atoms with Crippen LogP contribution in [0.5, 0.6) is 0 Å². The van der Waals surface area contributed by atoms with Crippen molar-refractivity contribution in [2.24, 2.45) is 46.3 Å². The summed E-state index contributed by atoms with van der Waals surface area (Å²) in [5.74, 6) is -1.32. The van der Waals surface area contributed by atoms with Crippen LogP contribution in [-0.4, -0.2) is 227 Å². The van der Waals surface area contributed by atoms with Gasteiger partial charge in [-0.25, -0.2) is 0 Å². The van der Waals surface area contributed by atoms with Crippen molar-refractivity contribution in [3.63, 3.8) is 0 Å². The SMILES string of the molecule is C[C@@H]1C[C@H](C(=O)[C@@H](C)[C@H]2C(=O)C[C@H]3[C@@H]4CC=C5C[C@@H](O[C@@H]6O[C@H](CO)[C@@H](O[C@@H]7O[C@@H](C)[C@H](O)[C@@H](O)[C@H]7O)[C@H](O)[C@H]6O[C@@H]6O[C@@H](C)[C@H](O)[C@@H](O)[C@H]6O)CC[C@]5(C)[C@H]4CC[C@]23C)O[C@H]1O[C@@H]1O[C@H](CO)[C@@H](O)[C@H](O)[C@H]1O. The van der Waals surface area contributed by atoms with Crippen molar-refractivity contribution < 1.29 is 113 Å². The second-order valence-electron chi connectivity index (χ2n) is 23.5. The zero-order valence-corrected chi connectivity index (χ0v) is 42.7. The van der Waals surface area contributed by atoms with Crippen molar-refractivity contribution in [3.05, 3.63) is 11.6 Å². The predicted octanol–water partition coefficient (Wildman–Crippen LogP) is -2.59. The molecule has 422 valence electrons. The van der Waals surface area contributed by atoms with Crippen LogP contribution in [0.3, 0.4) is 0 Å². The molecular weight excluding hydrogens is 981 g/mol. The van der Waals surface area contributed by atoms with Gasteiger partial charge in [-0.2, -0.15) is 0 Å². The van der Waals surface area contributed by atoms with E-state index in [1.54, 1.807) is 6.92 Å². The van der Waals surface area contributed by atoms with Crippen LogP contribution >= 0.6 is 0 Å². The molecule has 0 bridgehead atoms. The van der Waals surface area contributed by atoms with Gasteiger partial charge in [0.25, 0.3) is 0 Å². The maximum absolute atomic E-state index is 14.3. The second-order valence-corrected chi connectivity index (χ2v) is 23.5. The molecule has 23 nitrogen and oxygen atoms in total. The number of carbonyl (C=O) groups excluding carboxylic acids is 2. The van der Waals surface area contributed by atoms with Gasteiger partial charge in [0.05, 0.1) is 31.5 Å². The highest BCUT2D eigenvalue weighted by molar-refractivity contribution is 5.94. The fourth-order valence-electron chi connectivity index (χ4n) is 14.6. The third-order valence-electron chi connectivity index (χ3n) is 19.0. The lowest BCUT2D eigenvalue weighted by Gasteiger charge is -2.58. The molecule has 31 atom stereocenters. The van der Waals surface area contributed by atoms with Crippen LogP contribution in [0.4, 0.5) is 0 Å². The van der Waals surface area contributed by atoms with Crippen LogP contribution in [0.1, 0.15) is 92.9 Å². The Balaban J connectivity index is 0.872. The van der Waals surface area contributed by atoms with E-state index in [9.17, 15) is 70.9 Å². The Hall–Kier alpha value is -1.76. The molecule has 12 N–H and O–H groups in total. The molecule has 0 aromatic heterocycles. The van der Waals surface area contributed by atoms with E-state index in [1.807, 2.05) is 6.92 Å². The highest BCUT2D eigenvalue weighted by Crippen LogP contribution is 2.67. The molecule has 9 rings (SSSR count). The first-order valence-electron chi connectivity index (χ1n) is 26.6. The van der Waals surface area contributed by atoms with Gasteiger partial charge in [-0.15, -0.1) is 0 Å². The zero-order chi connectivity index (χ0) is 53.6. The molecule has 23 heteroatoms. The Morgan fingerprint density at radius 1 is 0.622 bits per heavy atom. The predicted molar refractivity (Wildman–Crippen MR) is 248 cm³/mol. The van der Waals surface area contributed by atoms with E-state index >= 15 is 0 Å². The molecule has 5 saturated heterocycles. The average molecular weight is 1060 g/mol. The smallest absolute Gasteiger partial charge is 0.189 e. The number of hydrogen-bond donors (Lipinski definition) is 12. The lowest BCUT2D eigenvalue weighted by molar-refractivity contribution is -0.388. The number of allylic oxidation sites excluding steroid dienone is 1. The number of aliphatic hydroxyl groups excluding tert-OH is 12. The molecule has 8 fully saturated rings. The minimum atomic E-state index is -1.78. The minimum absolute atomic E-state index is 0.0141. The van der Waals surface area contributed by atoms with E-state index in [-0.39, 0.29) is 47.1 Å². The lowest BCUT2D eigenvalue weighted by atomic mass is 9.47. The number of carbonyl (C=O) groups is 2. The third-order valence-corrected chi connectivity index (χ3v) is 19.0. The van der Waals surface area contributed by atoms with Crippen LogP contribution in [0, 0.1) is 46.3 Å². The van der Waals surface area contributed by atoms with E-state index in [2.05, 4.69) is 19.9 Å². The zero-order valence-electron chi connectivity index (χ0n) is 42.7. The van der Waals surface area contributed by atoms with E-state index in [0.29, 0.717) is 32.1 Å². The van der Waals surface area contributed by atoms with E-state index < -0.39 is 172 Å². The monoisotopic (exact) mass is 1060 g/mol. The topological polar surface area (TPSA) is 360 Å². The van der Waals surface area contributed by atoms with Gasteiger partial charge in [-0.1, -0.05) is 39.3 Å². The standard InChI is InChI=1S/C51H80O23/c1-18-13-28(69-45(18)74-48-41(64)38(61)35(58)29(16-52)70-48)32(55)19(2)31-27(54)15-26-24-8-7-22-14-23(9-11-50(22,5)25(24)10-12-51(26,31)6)68-49-44(73-47-40(63)37(60)34(57)21(4)67-47)42(65)43(30(17-53)71-49)72-46-39(62)36(59)33(56)20(3)66-46/h7,18-21,23-26,28-31,33-49,52-53,56-65H,8-17H2,1-6H3/t18-,19+,20+,21+,23+,24-,25+,26+,28-,29-,30-,31+,33+,34+,35-,36-,37-,38+,39-,40-,41-,42+,43-,44-,45+,46+,47+,48+,49-,50+,51+/m1/s1. The molecular formula is C51H80O23. The fraction of sp³-hybridized carbons (Fsp3) is 0.922. The van der Waals surface area contributed by atoms with Gasteiger partial charge >= 0.3 is 0 Å². The Bertz CT molecular complexity index is 2010. The number of ketones is 2. The molecule has 0 radical (unpaired) electrons. The molecule has 0 amide bonds. The normalized spacial score (nSPS) is 54.2. The number of aliphatic hydroxyl groups is 12. The Kier molecular flexibility index (Phi) is 17.0. The van der Waals surface area contributed by atoms with Gasteiger partial charge in [0.1, 0.15) is 97.3 Å². The minimum Gasteiger partial charge on any atom is -0.394 e. The summed E-state index contributed by atoms with van der Waals surface area (Å²) in [6, 6.07) is 0. The first-order valence-corrected chi connectivity index (χ1v) is 26.6. The maximum atomic E-state index is 14.3. The van der Waals surface area contributed by atoms with Crippen molar-refractivity contribution in [2.45, 2.75) is 234 Å². The van der Waals surface area contributed by atoms with Crippen LogP contribution in [0.2, 0.25) is 0 Å². The van der Waals surface area contributed by atoms with Crippen molar-refractivity contribution in [3.8, 4) is 0 Å². The summed E-state index contributed by atoms with van der Waals surface area (Å²) in [7, 11) is 0. The highest BCUT2D eigenvalue weighted by Gasteiger charge is 2.64. The molecule has 0 unspecified atom stereocenters. The van der Waals surface area contributed by atoms with E-state index in [0.717, 1.165) is 12.8 Å². The maximum Gasteiger partial charge on any atom is 0.189 e. The average Bonchev–Trinajstić information content (AvgIpc) is 3.88. The summed E-state index contributed by atoms with van der Waals surface area (Å²) in [4.78, 5) is 28.6. The summed E-state index contributed by atoms with van der Waals surface area (Å²) in [5, 5.41) is 127. The summed E-state index contributed by atoms with van der Waals surface area (Å²) >= 11 is 0. The Morgan fingerprint density at radius 2 is 1.19 bits per heavy atom. The van der Waals surface area contributed by atoms with Gasteiger partial charge in [0.2, 0.25) is 0 Å². The van der Waals surface area contributed by atoms with Gasteiger partial charge in [0, 0.05) is 24.2 Å². The molecule has 0 spiro atoms. The molecule has 4 aliphatic carbocycles. The van der Waals surface area contributed by atoms with Gasteiger partial charge in [0.15, 0.2) is 37.2 Å². The number of Topliss-reactive ketones (excluding diaryl/α,β-unsaturated/α-hetero) is 2.